The highest BCUT2D eigenvalue weighted by Crippen LogP contribution is 2.40. The molecule has 1 amide bonds. The fraction of sp³-hybridized carbons (Fsp3) is 0.270. The van der Waals surface area contributed by atoms with Gasteiger partial charge < -0.3 is 24.6 Å². The molecule has 10 heteroatoms. The van der Waals surface area contributed by atoms with Crippen LogP contribution in [0, 0.1) is 0 Å². The van der Waals surface area contributed by atoms with Crippen LogP contribution < -0.4 is 10.1 Å². The number of rotatable bonds is 13. The maximum atomic E-state index is 13.4. The normalized spacial score (nSPS) is 17.0. The number of benzene rings is 4. The van der Waals surface area contributed by atoms with Crippen molar-refractivity contribution in [3.05, 3.63) is 131 Å². The molecule has 0 aromatic heterocycles. The number of carbonyl (C=O) groups is 1. The molecule has 0 fully saturated rings. The van der Waals surface area contributed by atoms with Gasteiger partial charge in [0.1, 0.15) is 5.75 Å². The molecule has 1 aliphatic carbocycles. The minimum Gasteiger partial charge on any atom is -0.497 e. The van der Waals surface area contributed by atoms with Crippen LogP contribution in [0.3, 0.4) is 0 Å². The molecule has 6 rings (SSSR count). The number of allylic oxidation sites excluding steroid dienone is 1. The van der Waals surface area contributed by atoms with Crippen LogP contribution in [0.5, 0.6) is 5.75 Å². The second-order valence-electron chi connectivity index (χ2n) is 11.5. The first-order valence-electron chi connectivity index (χ1n) is 15.6. The Morgan fingerprint density at radius 3 is 2.45 bits per heavy atom. The molecule has 0 saturated heterocycles. The van der Waals surface area contributed by atoms with Crippen LogP contribution in [-0.2, 0) is 37.3 Å². The minimum absolute atomic E-state index is 0.00875. The summed E-state index contributed by atoms with van der Waals surface area (Å²) >= 11 is 0. The summed E-state index contributed by atoms with van der Waals surface area (Å²) in [5, 5.41) is 12.6. The van der Waals surface area contributed by atoms with Crippen LogP contribution in [0.4, 0.5) is 0 Å². The Bertz CT molecular complexity index is 1840. The zero-order valence-electron chi connectivity index (χ0n) is 26.2. The first-order valence-corrected chi connectivity index (χ1v) is 17.1. The van der Waals surface area contributed by atoms with Gasteiger partial charge in [-0.2, -0.15) is 4.31 Å². The Kier molecular flexibility index (Phi) is 10.0. The van der Waals surface area contributed by atoms with Gasteiger partial charge in [-0.3, -0.25) is 4.79 Å². The van der Waals surface area contributed by atoms with E-state index in [2.05, 4.69) is 47.8 Å². The van der Waals surface area contributed by atoms with Crippen molar-refractivity contribution in [3.8, 4) is 16.9 Å². The number of aliphatic hydroxyl groups is 1. The summed E-state index contributed by atoms with van der Waals surface area (Å²) in [5.41, 5.74) is 7.00. The van der Waals surface area contributed by atoms with Gasteiger partial charge in [-0.15, -0.1) is 0 Å². The van der Waals surface area contributed by atoms with E-state index in [1.165, 1.54) is 45.8 Å². The standard InChI is InChI=1S/C37H38N2O7S/c1-44-31-12-14-32(15-13-31)47(42,43)39(17-19-40)18-20-45-36-24-29(23-35(46-36)37(41)38-25-26-7-3-2-4-8-26)27-11-16-34-30(21-27)22-28-9-5-6-10-33(28)34/h2-16,21,23,29,36,40H,17-20,22,24-25H2,1H3,(H,38,41)/t29-,36+/m0/s1. The number of aliphatic hydroxyl groups excluding tert-OH is 1. The van der Waals surface area contributed by atoms with Crippen molar-refractivity contribution < 1.29 is 32.5 Å². The van der Waals surface area contributed by atoms with Gasteiger partial charge in [0.25, 0.3) is 5.91 Å². The molecule has 2 atom stereocenters. The van der Waals surface area contributed by atoms with E-state index < -0.39 is 16.3 Å². The van der Waals surface area contributed by atoms with Gasteiger partial charge in [-0.25, -0.2) is 8.42 Å². The van der Waals surface area contributed by atoms with E-state index in [0.29, 0.717) is 18.7 Å². The number of carbonyl (C=O) groups excluding carboxylic acids is 1. The van der Waals surface area contributed by atoms with Crippen LogP contribution in [0.2, 0.25) is 0 Å². The number of nitrogens with zero attached hydrogens (tertiary/aromatic N) is 1. The first kappa shape index (κ1) is 32.5. The van der Waals surface area contributed by atoms with E-state index >= 15 is 0 Å². The average Bonchev–Trinajstić information content (AvgIpc) is 3.48. The molecule has 4 aromatic carbocycles. The second-order valence-corrected chi connectivity index (χ2v) is 13.5. The highest BCUT2D eigenvalue weighted by atomic mass is 32.2. The average molecular weight is 655 g/mol. The second kappa shape index (κ2) is 14.5. The highest BCUT2D eigenvalue weighted by Gasteiger charge is 2.31. The SMILES string of the molecule is COc1ccc(S(=O)(=O)N(CCO)CCO[C@H]2C[C@@H](c3ccc4c(c3)Cc3ccccc3-4)C=C(C(=O)NCc3ccccc3)O2)cc1. The lowest BCUT2D eigenvalue weighted by Crippen LogP contribution is -2.38. The number of amides is 1. The van der Waals surface area contributed by atoms with Gasteiger partial charge in [0, 0.05) is 32.0 Å². The Hall–Kier alpha value is -4.48. The minimum atomic E-state index is -3.91. The number of nitrogens with one attached hydrogen (secondary N) is 1. The van der Waals surface area contributed by atoms with Crippen molar-refractivity contribution in [2.75, 3.05) is 33.4 Å². The molecular weight excluding hydrogens is 616 g/mol. The van der Waals surface area contributed by atoms with Gasteiger partial charge in [0.15, 0.2) is 5.76 Å². The van der Waals surface area contributed by atoms with Gasteiger partial charge in [0.05, 0.1) is 25.2 Å². The van der Waals surface area contributed by atoms with Crippen molar-refractivity contribution in [2.24, 2.45) is 0 Å². The number of hydrogen-bond donors (Lipinski definition) is 2. The van der Waals surface area contributed by atoms with E-state index in [1.54, 1.807) is 12.1 Å². The summed E-state index contributed by atoms with van der Waals surface area (Å²) in [6.07, 6.45) is 2.33. The summed E-state index contributed by atoms with van der Waals surface area (Å²) in [7, 11) is -2.40. The van der Waals surface area contributed by atoms with Crippen LogP contribution in [0.25, 0.3) is 11.1 Å². The molecule has 0 spiro atoms. The Morgan fingerprint density at radius 2 is 1.68 bits per heavy atom. The monoisotopic (exact) mass is 654 g/mol. The summed E-state index contributed by atoms with van der Waals surface area (Å²) in [4.78, 5) is 13.4. The van der Waals surface area contributed by atoms with Crippen molar-refractivity contribution >= 4 is 15.9 Å². The third kappa shape index (κ3) is 7.41. The molecule has 9 nitrogen and oxygen atoms in total. The maximum absolute atomic E-state index is 13.4. The topological polar surface area (TPSA) is 114 Å². The number of fused-ring (bicyclic) bond motifs is 3. The Morgan fingerprint density at radius 1 is 0.936 bits per heavy atom. The quantitative estimate of drug-likeness (QED) is 0.184. The predicted molar refractivity (Wildman–Crippen MR) is 178 cm³/mol. The lowest BCUT2D eigenvalue weighted by atomic mass is 9.90. The van der Waals surface area contributed by atoms with Crippen molar-refractivity contribution in [1.82, 2.24) is 9.62 Å². The van der Waals surface area contributed by atoms with Gasteiger partial charge >= 0.3 is 0 Å². The molecule has 0 unspecified atom stereocenters. The number of hydrogen-bond acceptors (Lipinski definition) is 7. The summed E-state index contributed by atoms with van der Waals surface area (Å²) in [5.74, 6) is 0.167. The Labute approximate surface area is 275 Å². The molecule has 2 aliphatic rings. The van der Waals surface area contributed by atoms with E-state index in [1.807, 2.05) is 36.4 Å². The third-order valence-electron chi connectivity index (χ3n) is 8.51. The zero-order valence-corrected chi connectivity index (χ0v) is 27.0. The van der Waals surface area contributed by atoms with Gasteiger partial charge in [-0.1, -0.05) is 72.8 Å². The molecule has 47 heavy (non-hydrogen) atoms. The molecule has 0 radical (unpaired) electrons. The Balaban J connectivity index is 1.18. The molecule has 1 heterocycles. The number of sulfonamides is 1. The lowest BCUT2D eigenvalue weighted by molar-refractivity contribution is -0.146. The van der Waals surface area contributed by atoms with Gasteiger partial charge in [0.2, 0.25) is 16.3 Å². The fourth-order valence-corrected chi connectivity index (χ4v) is 7.47. The van der Waals surface area contributed by atoms with E-state index in [-0.39, 0.29) is 48.8 Å². The van der Waals surface area contributed by atoms with Crippen LogP contribution >= 0.6 is 0 Å². The third-order valence-corrected chi connectivity index (χ3v) is 10.4. The molecule has 244 valence electrons. The fourth-order valence-electron chi connectivity index (χ4n) is 6.06. The lowest BCUT2D eigenvalue weighted by Gasteiger charge is -2.30. The van der Waals surface area contributed by atoms with Crippen molar-refractivity contribution in [2.45, 2.75) is 36.5 Å². The molecular formula is C37H38N2O7S. The maximum Gasteiger partial charge on any atom is 0.286 e. The summed E-state index contributed by atoms with van der Waals surface area (Å²) in [6.45, 7) is -0.140. The smallest absolute Gasteiger partial charge is 0.286 e. The summed E-state index contributed by atoms with van der Waals surface area (Å²) < 4.78 is 45.2. The van der Waals surface area contributed by atoms with E-state index in [4.69, 9.17) is 14.2 Å². The van der Waals surface area contributed by atoms with Gasteiger partial charge in [-0.05, 0) is 70.1 Å². The van der Waals surface area contributed by atoms with Crippen molar-refractivity contribution in [1.29, 1.82) is 0 Å². The van der Waals surface area contributed by atoms with Crippen LogP contribution in [0.15, 0.2) is 114 Å². The summed E-state index contributed by atoms with van der Waals surface area (Å²) in [6, 6.07) is 30.5. The number of ether oxygens (including phenoxy) is 3. The molecule has 0 saturated carbocycles. The molecule has 1 aliphatic heterocycles. The predicted octanol–water partition coefficient (Wildman–Crippen LogP) is 5.00. The van der Waals surface area contributed by atoms with Crippen LogP contribution in [0.1, 0.15) is 34.6 Å². The molecule has 2 N–H and O–H groups in total. The number of methoxy groups -OCH3 is 1. The van der Waals surface area contributed by atoms with E-state index in [0.717, 1.165) is 17.5 Å². The zero-order chi connectivity index (χ0) is 32.8. The highest BCUT2D eigenvalue weighted by molar-refractivity contribution is 7.89. The first-order chi connectivity index (χ1) is 22.9. The van der Waals surface area contributed by atoms with Crippen molar-refractivity contribution in [3.63, 3.8) is 0 Å². The van der Waals surface area contributed by atoms with Crippen LogP contribution in [-0.4, -0.2) is 63.4 Å². The largest absolute Gasteiger partial charge is 0.497 e. The van der Waals surface area contributed by atoms with E-state index in [9.17, 15) is 18.3 Å². The molecule has 0 bridgehead atoms. The molecule has 4 aromatic rings.